The number of nitrogens with one attached hydrogen (secondary N) is 2. The van der Waals surface area contributed by atoms with Gasteiger partial charge in [0, 0.05) is 18.5 Å². The second-order valence-corrected chi connectivity index (χ2v) is 6.01. The lowest BCUT2D eigenvalue weighted by Crippen LogP contribution is -2.28. The number of nitrogens with zero attached hydrogens (tertiary/aromatic N) is 1. The fourth-order valence-electron chi connectivity index (χ4n) is 3.27. The number of benzene rings is 1. The zero-order valence-electron chi connectivity index (χ0n) is 12.9. The van der Waals surface area contributed by atoms with Crippen molar-refractivity contribution in [3.63, 3.8) is 0 Å². The van der Waals surface area contributed by atoms with Crippen molar-refractivity contribution in [2.75, 3.05) is 0 Å². The fourth-order valence-corrected chi connectivity index (χ4v) is 3.27. The van der Waals surface area contributed by atoms with E-state index in [1.54, 1.807) is 6.20 Å². The number of rotatable bonds is 4. The van der Waals surface area contributed by atoms with E-state index >= 15 is 0 Å². The minimum atomic E-state index is -0.395. The van der Waals surface area contributed by atoms with Crippen molar-refractivity contribution in [2.24, 2.45) is 0 Å². The van der Waals surface area contributed by atoms with E-state index in [2.05, 4.69) is 27.6 Å². The molecule has 0 fully saturated rings. The van der Waals surface area contributed by atoms with E-state index in [1.807, 2.05) is 31.2 Å². The van der Waals surface area contributed by atoms with E-state index in [1.165, 1.54) is 11.1 Å². The molecule has 2 aromatic heterocycles. The third kappa shape index (κ3) is 2.58. The van der Waals surface area contributed by atoms with Gasteiger partial charge in [-0.25, -0.2) is 0 Å². The average Bonchev–Trinajstić information content (AvgIpc) is 3.23. The zero-order chi connectivity index (χ0) is 15.8. The minimum Gasteiger partial charge on any atom is -0.460 e. The van der Waals surface area contributed by atoms with Crippen LogP contribution in [0, 0.1) is 6.92 Å². The van der Waals surface area contributed by atoms with Gasteiger partial charge in [-0.2, -0.15) is 5.10 Å². The Balaban J connectivity index is 1.53. The number of aliphatic hydroxyl groups excluding tert-OH is 1. The minimum absolute atomic E-state index is 0.0488. The molecule has 1 aliphatic carbocycles. The third-order valence-corrected chi connectivity index (χ3v) is 4.42. The molecule has 1 aromatic carbocycles. The van der Waals surface area contributed by atoms with Crippen LogP contribution in [-0.4, -0.2) is 21.4 Å². The highest BCUT2D eigenvalue weighted by Crippen LogP contribution is 2.32. The normalized spacial score (nSPS) is 19.9. The molecule has 0 unspecified atom stereocenters. The van der Waals surface area contributed by atoms with Crippen molar-refractivity contribution >= 4 is 0 Å². The Kier molecular flexibility index (Phi) is 3.52. The highest BCUT2D eigenvalue weighted by Gasteiger charge is 2.30. The van der Waals surface area contributed by atoms with Crippen molar-refractivity contribution in [3.05, 3.63) is 65.0 Å². The van der Waals surface area contributed by atoms with E-state index in [-0.39, 0.29) is 6.04 Å². The van der Waals surface area contributed by atoms with Crippen molar-refractivity contribution in [2.45, 2.75) is 32.0 Å². The summed E-state index contributed by atoms with van der Waals surface area (Å²) in [5.41, 5.74) is 4.30. The Morgan fingerprint density at radius 3 is 3.00 bits per heavy atom. The summed E-state index contributed by atoms with van der Waals surface area (Å²) in [5, 5.41) is 20.9. The molecule has 0 saturated carbocycles. The number of aliphatic hydroxyl groups is 1. The molecule has 0 bridgehead atoms. The molecule has 5 nitrogen and oxygen atoms in total. The first-order chi connectivity index (χ1) is 11.2. The summed E-state index contributed by atoms with van der Waals surface area (Å²) in [5.74, 6) is 1.65. The van der Waals surface area contributed by atoms with Crippen molar-refractivity contribution < 1.29 is 9.52 Å². The van der Waals surface area contributed by atoms with E-state index in [4.69, 9.17) is 4.42 Å². The smallest absolute Gasteiger partial charge is 0.152 e. The topological polar surface area (TPSA) is 74.1 Å². The van der Waals surface area contributed by atoms with Gasteiger partial charge in [-0.05, 0) is 30.2 Å². The number of furan rings is 1. The van der Waals surface area contributed by atoms with Crippen molar-refractivity contribution in [1.82, 2.24) is 15.5 Å². The summed E-state index contributed by atoms with van der Waals surface area (Å²) in [6, 6.07) is 12.0. The molecule has 2 heterocycles. The van der Waals surface area contributed by atoms with Crippen LogP contribution in [0.5, 0.6) is 0 Å². The van der Waals surface area contributed by atoms with Crippen LogP contribution in [0.1, 0.15) is 28.5 Å². The van der Waals surface area contributed by atoms with Crippen LogP contribution < -0.4 is 5.32 Å². The number of aromatic nitrogens is 2. The molecule has 2 atom stereocenters. The number of aryl methyl sites for hydroxylation is 1. The SMILES string of the molecule is Cc1ccc(-c2[nH]ncc2CN[C@@H]2c3ccccc3C[C@@H]2O)o1. The van der Waals surface area contributed by atoms with Gasteiger partial charge in [-0.15, -0.1) is 0 Å². The molecule has 118 valence electrons. The van der Waals surface area contributed by atoms with Crippen LogP contribution in [0.3, 0.4) is 0 Å². The van der Waals surface area contributed by atoms with Crippen LogP contribution in [0.25, 0.3) is 11.5 Å². The molecule has 0 amide bonds. The van der Waals surface area contributed by atoms with E-state index in [0.29, 0.717) is 13.0 Å². The van der Waals surface area contributed by atoms with Gasteiger partial charge in [0.1, 0.15) is 11.5 Å². The van der Waals surface area contributed by atoms with Crippen LogP contribution in [-0.2, 0) is 13.0 Å². The lowest BCUT2D eigenvalue weighted by atomic mass is 10.1. The quantitative estimate of drug-likeness (QED) is 0.693. The molecule has 0 aliphatic heterocycles. The van der Waals surface area contributed by atoms with Crippen LogP contribution in [0.4, 0.5) is 0 Å². The van der Waals surface area contributed by atoms with Gasteiger partial charge in [0.25, 0.3) is 0 Å². The first kappa shape index (κ1) is 14.2. The second kappa shape index (κ2) is 5.68. The molecule has 0 spiro atoms. The molecular weight excluding hydrogens is 290 g/mol. The third-order valence-electron chi connectivity index (χ3n) is 4.42. The van der Waals surface area contributed by atoms with Gasteiger partial charge in [0.2, 0.25) is 0 Å². The summed E-state index contributed by atoms with van der Waals surface area (Å²) in [7, 11) is 0. The van der Waals surface area contributed by atoms with Gasteiger partial charge in [0.05, 0.1) is 18.3 Å². The van der Waals surface area contributed by atoms with Crippen LogP contribution in [0.2, 0.25) is 0 Å². The largest absolute Gasteiger partial charge is 0.460 e. The fraction of sp³-hybridized carbons (Fsp3) is 0.278. The summed E-state index contributed by atoms with van der Waals surface area (Å²) in [6.07, 6.45) is 2.10. The van der Waals surface area contributed by atoms with Gasteiger partial charge in [0.15, 0.2) is 5.76 Å². The van der Waals surface area contributed by atoms with Gasteiger partial charge < -0.3 is 14.8 Å². The lowest BCUT2D eigenvalue weighted by molar-refractivity contribution is 0.140. The summed E-state index contributed by atoms with van der Waals surface area (Å²) in [4.78, 5) is 0. The van der Waals surface area contributed by atoms with E-state index < -0.39 is 6.10 Å². The van der Waals surface area contributed by atoms with Gasteiger partial charge in [-0.1, -0.05) is 24.3 Å². The first-order valence-electron chi connectivity index (χ1n) is 7.80. The monoisotopic (exact) mass is 309 g/mol. The Bertz CT molecular complexity index is 821. The summed E-state index contributed by atoms with van der Waals surface area (Å²) < 4.78 is 5.67. The lowest BCUT2D eigenvalue weighted by Gasteiger charge is -2.17. The predicted molar refractivity (Wildman–Crippen MR) is 86.8 cm³/mol. The van der Waals surface area contributed by atoms with Crippen molar-refractivity contribution in [1.29, 1.82) is 0 Å². The number of H-pyrrole nitrogens is 1. The Morgan fingerprint density at radius 1 is 1.30 bits per heavy atom. The summed E-state index contributed by atoms with van der Waals surface area (Å²) in [6.45, 7) is 2.53. The summed E-state index contributed by atoms with van der Waals surface area (Å²) >= 11 is 0. The van der Waals surface area contributed by atoms with Gasteiger partial charge >= 0.3 is 0 Å². The average molecular weight is 309 g/mol. The number of fused-ring (bicyclic) bond motifs is 1. The molecule has 1 aliphatic rings. The zero-order valence-corrected chi connectivity index (χ0v) is 12.9. The van der Waals surface area contributed by atoms with Crippen LogP contribution in [0.15, 0.2) is 47.0 Å². The molecule has 0 radical (unpaired) electrons. The van der Waals surface area contributed by atoms with E-state index in [0.717, 1.165) is 22.8 Å². The second-order valence-electron chi connectivity index (χ2n) is 6.01. The highest BCUT2D eigenvalue weighted by molar-refractivity contribution is 5.56. The molecule has 3 N–H and O–H groups in total. The maximum atomic E-state index is 10.3. The highest BCUT2D eigenvalue weighted by atomic mass is 16.3. The number of hydrogen-bond donors (Lipinski definition) is 3. The van der Waals surface area contributed by atoms with Crippen molar-refractivity contribution in [3.8, 4) is 11.5 Å². The van der Waals surface area contributed by atoms with Gasteiger partial charge in [-0.3, -0.25) is 5.10 Å². The maximum absolute atomic E-state index is 10.3. The van der Waals surface area contributed by atoms with Crippen LogP contribution >= 0.6 is 0 Å². The number of hydrogen-bond acceptors (Lipinski definition) is 4. The molecule has 4 rings (SSSR count). The Hall–Kier alpha value is -2.37. The molecule has 0 saturated heterocycles. The maximum Gasteiger partial charge on any atom is 0.152 e. The number of aromatic amines is 1. The standard InChI is InChI=1S/C18H19N3O2/c1-11-6-7-16(23-11)17-13(10-20-21-17)9-19-18-14-5-3-2-4-12(14)8-15(18)22/h2-7,10,15,18-19,22H,8-9H2,1H3,(H,20,21)/t15-,18+/m0/s1. The Labute approximate surface area is 134 Å². The first-order valence-corrected chi connectivity index (χ1v) is 7.80. The molecule has 5 heteroatoms. The molecule has 23 heavy (non-hydrogen) atoms. The molecule has 3 aromatic rings. The molecular formula is C18H19N3O2. The Morgan fingerprint density at radius 2 is 2.17 bits per heavy atom. The van der Waals surface area contributed by atoms with E-state index in [9.17, 15) is 5.11 Å². The predicted octanol–water partition coefficient (Wildman–Crippen LogP) is 2.73.